The summed E-state index contributed by atoms with van der Waals surface area (Å²) in [6, 6.07) is 6.72. The molecule has 1 aromatic carbocycles. The monoisotopic (exact) mass is 334 g/mol. The largest absolute Gasteiger partial charge is 0.345 e. The number of halogens is 1. The Bertz CT molecular complexity index is 665. The second-order valence-corrected chi connectivity index (χ2v) is 6.13. The molecule has 1 aliphatic rings. The van der Waals surface area contributed by atoms with Gasteiger partial charge in [-0.1, -0.05) is 23.2 Å². The van der Waals surface area contributed by atoms with Gasteiger partial charge in [0.1, 0.15) is 0 Å². The van der Waals surface area contributed by atoms with Crippen LogP contribution in [0.5, 0.6) is 0 Å². The van der Waals surface area contributed by atoms with Crippen LogP contribution in [0.15, 0.2) is 28.8 Å². The first-order valence-electron chi connectivity index (χ1n) is 7.77. The van der Waals surface area contributed by atoms with Crippen molar-refractivity contribution >= 4 is 17.5 Å². The van der Waals surface area contributed by atoms with E-state index < -0.39 is 0 Å². The molecule has 0 bridgehead atoms. The summed E-state index contributed by atoms with van der Waals surface area (Å²) in [4.78, 5) is 16.6. The lowest BCUT2D eigenvalue weighted by atomic mass is 10.0. The number of benzene rings is 1. The van der Waals surface area contributed by atoms with E-state index in [-0.39, 0.29) is 18.0 Å². The molecule has 6 nitrogen and oxygen atoms in total. The molecular formula is C16H19ClN4O2. The second-order valence-electron chi connectivity index (χ2n) is 5.70. The fourth-order valence-electron chi connectivity index (χ4n) is 2.57. The van der Waals surface area contributed by atoms with Crippen molar-refractivity contribution in [3.63, 3.8) is 0 Å². The molecule has 3 rings (SSSR count). The van der Waals surface area contributed by atoms with Crippen LogP contribution in [0.3, 0.4) is 0 Å². The van der Waals surface area contributed by atoms with Gasteiger partial charge in [-0.2, -0.15) is 4.98 Å². The first-order chi connectivity index (χ1) is 11.1. The van der Waals surface area contributed by atoms with Crippen molar-refractivity contribution in [2.45, 2.75) is 38.3 Å². The Morgan fingerprint density at radius 1 is 1.39 bits per heavy atom. The molecule has 7 heteroatoms. The third-order valence-corrected chi connectivity index (χ3v) is 4.16. The van der Waals surface area contributed by atoms with E-state index in [0.29, 0.717) is 16.7 Å². The average molecular weight is 335 g/mol. The average Bonchev–Trinajstić information content (AvgIpc) is 3.06. The van der Waals surface area contributed by atoms with Gasteiger partial charge in [-0.3, -0.25) is 4.79 Å². The van der Waals surface area contributed by atoms with Crippen LogP contribution in [0.2, 0.25) is 5.02 Å². The van der Waals surface area contributed by atoms with Crippen LogP contribution < -0.4 is 10.6 Å². The van der Waals surface area contributed by atoms with Crippen molar-refractivity contribution in [1.82, 2.24) is 20.8 Å². The zero-order chi connectivity index (χ0) is 16.2. The summed E-state index contributed by atoms with van der Waals surface area (Å²) in [6.45, 7) is 2.73. The molecule has 2 unspecified atom stereocenters. The van der Waals surface area contributed by atoms with E-state index in [4.69, 9.17) is 16.1 Å². The Hall–Kier alpha value is -1.92. The smallest absolute Gasteiger partial charge is 0.257 e. The number of piperidine rings is 1. The van der Waals surface area contributed by atoms with Crippen molar-refractivity contribution in [2.24, 2.45) is 0 Å². The minimum Gasteiger partial charge on any atom is -0.345 e. The molecule has 2 N–H and O–H groups in total. The molecule has 1 amide bonds. The van der Waals surface area contributed by atoms with Gasteiger partial charge in [0.25, 0.3) is 5.89 Å². The van der Waals surface area contributed by atoms with Crippen molar-refractivity contribution in [3.8, 4) is 11.5 Å². The van der Waals surface area contributed by atoms with E-state index in [1.54, 1.807) is 12.1 Å². The fourth-order valence-corrected chi connectivity index (χ4v) is 2.70. The van der Waals surface area contributed by atoms with Gasteiger partial charge in [0.05, 0.1) is 12.1 Å². The highest BCUT2D eigenvalue weighted by Gasteiger charge is 2.24. The molecule has 0 spiro atoms. The molecule has 23 heavy (non-hydrogen) atoms. The summed E-state index contributed by atoms with van der Waals surface area (Å²) < 4.78 is 5.27. The molecule has 0 aliphatic carbocycles. The van der Waals surface area contributed by atoms with Gasteiger partial charge in [-0.05, 0) is 50.6 Å². The highest BCUT2D eigenvalue weighted by molar-refractivity contribution is 6.30. The number of amides is 1. The van der Waals surface area contributed by atoms with E-state index >= 15 is 0 Å². The number of carbonyl (C=O) groups is 1. The maximum absolute atomic E-state index is 12.2. The summed E-state index contributed by atoms with van der Waals surface area (Å²) in [5.74, 6) is 0.850. The van der Waals surface area contributed by atoms with Crippen molar-refractivity contribution < 1.29 is 9.32 Å². The van der Waals surface area contributed by atoms with Crippen molar-refractivity contribution in [1.29, 1.82) is 0 Å². The van der Waals surface area contributed by atoms with E-state index in [0.717, 1.165) is 31.4 Å². The molecule has 1 aromatic heterocycles. The molecule has 0 radical (unpaired) electrons. The SMILES string of the molecule is CC(NC(=O)C1CCCCN1)c1noc(-c2ccc(Cl)cc2)n1. The Balaban J connectivity index is 1.64. The zero-order valence-corrected chi connectivity index (χ0v) is 13.6. The Morgan fingerprint density at radius 3 is 2.87 bits per heavy atom. The molecule has 2 heterocycles. The number of nitrogens with one attached hydrogen (secondary N) is 2. The maximum Gasteiger partial charge on any atom is 0.257 e. The third-order valence-electron chi connectivity index (χ3n) is 3.91. The fraction of sp³-hybridized carbons (Fsp3) is 0.438. The Morgan fingerprint density at radius 2 is 2.17 bits per heavy atom. The molecule has 122 valence electrons. The molecule has 1 saturated heterocycles. The Kier molecular flexibility index (Phi) is 4.93. The van der Waals surface area contributed by atoms with E-state index in [1.807, 2.05) is 19.1 Å². The van der Waals surface area contributed by atoms with Crippen molar-refractivity contribution in [2.75, 3.05) is 6.54 Å². The quantitative estimate of drug-likeness (QED) is 0.898. The third kappa shape index (κ3) is 3.89. The lowest BCUT2D eigenvalue weighted by Crippen LogP contribution is -2.47. The number of aromatic nitrogens is 2. The zero-order valence-electron chi connectivity index (χ0n) is 12.9. The minimum absolute atomic E-state index is 0.0185. The topological polar surface area (TPSA) is 80.0 Å². The second kappa shape index (κ2) is 7.10. The van der Waals surface area contributed by atoms with Crippen LogP contribution in [-0.2, 0) is 4.79 Å². The molecule has 2 atom stereocenters. The van der Waals surface area contributed by atoms with Crippen LogP contribution in [-0.4, -0.2) is 28.6 Å². The number of nitrogens with zero attached hydrogens (tertiary/aromatic N) is 2. The summed E-state index contributed by atoms with van der Waals surface area (Å²) in [7, 11) is 0. The van der Waals surface area contributed by atoms with Gasteiger partial charge >= 0.3 is 0 Å². The van der Waals surface area contributed by atoms with Crippen LogP contribution in [0.25, 0.3) is 11.5 Å². The van der Waals surface area contributed by atoms with Gasteiger partial charge in [0.15, 0.2) is 5.82 Å². The summed E-state index contributed by atoms with van der Waals surface area (Å²) >= 11 is 5.87. The van der Waals surface area contributed by atoms with Crippen LogP contribution in [0, 0.1) is 0 Å². The molecule has 0 saturated carbocycles. The number of carbonyl (C=O) groups excluding carboxylic acids is 1. The first-order valence-corrected chi connectivity index (χ1v) is 8.14. The van der Waals surface area contributed by atoms with E-state index in [9.17, 15) is 4.79 Å². The van der Waals surface area contributed by atoms with E-state index in [2.05, 4.69) is 20.8 Å². The van der Waals surface area contributed by atoms with Crippen molar-refractivity contribution in [3.05, 3.63) is 35.1 Å². The van der Waals surface area contributed by atoms with Gasteiger partial charge in [0.2, 0.25) is 5.91 Å². The predicted octanol–water partition coefficient (Wildman–Crippen LogP) is 2.71. The maximum atomic E-state index is 12.2. The lowest BCUT2D eigenvalue weighted by molar-refractivity contribution is -0.124. The van der Waals surface area contributed by atoms with E-state index in [1.165, 1.54) is 0 Å². The highest BCUT2D eigenvalue weighted by atomic mass is 35.5. The lowest BCUT2D eigenvalue weighted by Gasteiger charge is -2.23. The van der Waals surface area contributed by atoms with Crippen LogP contribution in [0.4, 0.5) is 0 Å². The van der Waals surface area contributed by atoms with Gasteiger partial charge in [-0.25, -0.2) is 0 Å². The first kappa shape index (κ1) is 16.0. The van der Waals surface area contributed by atoms with Gasteiger partial charge in [0, 0.05) is 10.6 Å². The highest BCUT2D eigenvalue weighted by Crippen LogP contribution is 2.21. The predicted molar refractivity (Wildman–Crippen MR) is 86.9 cm³/mol. The van der Waals surface area contributed by atoms with Gasteiger partial charge in [-0.15, -0.1) is 0 Å². The summed E-state index contributed by atoms with van der Waals surface area (Å²) in [5, 5.41) is 10.8. The normalized spacial score (nSPS) is 19.3. The number of hydrogen-bond acceptors (Lipinski definition) is 5. The molecular weight excluding hydrogens is 316 g/mol. The summed E-state index contributed by atoms with van der Waals surface area (Å²) in [6.07, 6.45) is 3.05. The molecule has 1 aliphatic heterocycles. The van der Waals surface area contributed by atoms with Crippen LogP contribution in [0.1, 0.15) is 38.1 Å². The number of hydrogen-bond donors (Lipinski definition) is 2. The Labute approximate surface area is 139 Å². The van der Waals surface area contributed by atoms with Crippen LogP contribution >= 0.6 is 11.6 Å². The minimum atomic E-state index is -0.309. The molecule has 1 fully saturated rings. The summed E-state index contributed by atoms with van der Waals surface area (Å²) in [5.41, 5.74) is 0.792. The standard InChI is InChI=1S/C16H19ClN4O2/c1-10(19-15(22)13-4-2-3-9-18-13)14-20-16(23-21-14)11-5-7-12(17)8-6-11/h5-8,10,13,18H,2-4,9H2,1H3,(H,19,22). The van der Waals surface area contributed by atoms with Gasteiger partial charge < -0.3 is 15.2 Å². The number of rotatable bonds is 4. The molecule has 2 aromatic rings.